The number of carbonyl (C=O) groups excluding carboxylic acids is 1. The summed E-state index contributed by atoms with van der Waals surface area (Å²) in [5, 5.41) is 0. The molecule has 0 aliphatic carbocycles. The Hall–Kier alpha value is -2.69. The molecule has 1 aliphatic heterocycles. The third-order valence-corrected chi connectivity index (χ3v) is 6.11. The van der Waals surface area contributed by atoms with Crippen molar-refractivity contribution in [1.82, 2.24) is 14.9 Å². The number of benzene rings is 1. The summed E-state index contributed by atoms with van der Waals surface area (Å²) in [4.78, 5) is 21.7. The molecule has 33 heavy (non-hydrogen) atoms. The zero-order valence-electron chi connectivity index (χ0n) is 18.0. The maximum Gasteiger partial charge on any atom is 0.419 e. The average Bonchev–Trinajstić information content (AvgIpc) is 3.10. The van der Waals surface area contributed by atoms with Crippen LogP contribution in [-0.2, 0) is 12.6 Å². The summed E-state index contributed by atoms with van der Waals surface area (Å²) in [5.74, 6) is -4.46. The molecule has 1 aromatic heterocycles. The second-order valence-corrected chi connectivity index (χ2v) is 8.52. The molecule has 0 radical (unpaired) electrons. The maximum atomic E-state index is 14.0. The highest BCUT2D eigenvalue weighted by molar-refractivity contribution is 5.91. The Kier molecular flexibility index (Phi) is 7.30. The number of halogens is 6. The number of hydrogen-bond donors (Lipinski definition) is 1. The van der Waals surface area contributed by atoms with Crippen LogP contribution in [-0.4, -0.2) is 38.9 Å². The molecule has 0 saturated carbocycles. The molecular weight excluding hydrogens is 450 g/mol. The highest BCUT2D eigenvalue weighted by atomic mass is 19.4. The zero-order chi connectivity index (χ0) is 24.5. The summed E-state index contributed by atoms with van der Waals surface area (Å²) in [6, 6.07) is 0.215. The van der Waals surface area contributed by atoms with E-state index in [-0.39, 0.29) is 35.8 Å². The first-order valence-corrected chi connectivity index (χ1v) is 10.5. The lowest BCUT2D eigenvalue weighted by atomic mass is 9.89. The third-order valence-electron chi connectivity index (χ3n) is 6.11. The Balaban J connectivity index is 1.69. The summed E-state index contributed by atoms with van der Waals surface area (Å²) in [6.45, 7) is 3.63. The van der Waals surface area contributed by atoms with Gasteiger partial charge in [-0.15, -0.1) is 0 Å². The van der Waals surface area contributed by atoms with E-state index in [1.165, 1.54) is 0 Å². The number of aromatic nitrogens is 2. The average molecular weight is 474 g/mol. The molecule has 0 bridgehead atoms. The smallest absolute Gasteiger partial charge is 0.330 e. The molecule has 180 valence electrons. The van der Waals surface area contributed by atoms with Gasteiger partial charge in [-0.2, -0.15) is 13.2 Å². The van der Waals surface area contributed by atoms with E-state index in [0.717, 1.165) is 6.07 Å². The van der Waals surface area contributed by atoms with Gasteiger partial charge < -0.3 is 10.6 Å². The number of likely N-dealkylation sites (tertiary alicyclic amines) is 1. The van der Waals surface area contributed by atoms with Crippen LogP contribution in [0.3, 0.4) is 0 Å². The number of alkyl halides is 3. The zero-order valence-corrected chi connectivity index (χ0v) is 18.0. The second kappa shape index (κ2) is 9.66. The minimum Gasteiger partial charge on any atom is -0.330 e. The van der Waals surface area contributed by atoms with Crippen LogP contribution in [0.15, 0.2) is 24.5 Å². The van der Waals surface area contributed by atoms with Gasteiger partial charge in [-0.25, -0.2) is 23.1 Å². The van der Waals surface area contributed by atoms with Gasteiger partial charge in [0, 0.05) is 36.6 Å². The van der Waals surface area contributed by atoms with Crippen molar-refractivity contribution in [2.75, 3.05) is 0 Å². The van der Waals surface area contributed by atoms with Gasteiger partial charge in [0.15, 0.2) is 11.6 Å². The van der Waals surface area contributed by atoms with Gasteiger partial charge >= 0.3 is 6.18 Å². The van der Waals surface area contributed by atoms with Crippen molar-refractivity contribution in [3.05, 3.63) is 58.9 Å². The van der Waals surface area contributed by atoms with Crippen molar-refractivity contribution in [2.24, 2.45) is 11.7 Å². The summed E-state index contributed by atoms with van der Waals surface area (Å²) in [7, 11) is 0. The lowest BCUT2D eigenvalue weighted by Gasteiger charge is -2.31. The van der Waals surface area contributed by atoms with Crippen LogP contribution in [0.4, 0.5) is 26.3 Å². The van der Waals surface area contributed by atoms with Crippen molar-refractivity contribution in [3.8, 4) is 0 Å². The normalized spacial score (nSPS) is 20.7. The van der Waals surface area contributed by atoms with E-state index in [1.807, 2.05) is 13.8 Å². The fourth-order valence-electron chi connectivity index (χ4n) is 4.15. The summed E-state index contributed by atoms with van der Waals surface area (Å²) >= 11 is 0. The van der Waals surface area contributed by atoms with Crippen LogP contribution >= 0.6 is 0 Å². The van der Waals surface area contributed by atoms with E-state index in [4.69, 9.17) is 5.73 Å². The summed E-state index contributed by atoms with van der Waals surface area (Å²) in [6.07, 6.45) is -1.73. The Morgan fingerprint density at radius 1 is 1.12 bits per heavy atom. The Bertz CT molecular complexity index is 998. The van der Waals surface area contributed by atoms with E-state index in [0.29, 0.717) is 37.7 Å². The first kappa shape index (κ1) is 24.9. The Morgan fingerprint density at radius 3 is 2.33 bits per heavy atom. The molecule has 3 rings (SSSR count). The van der Waals surface area contributed by atoms with E-state index in [1.54, 1.807) is 4.90 Å². The van der Waals surface area contributed by atoms with Gasteiger partial charge in [-0.3, -0.25) is 4.79 Å². The van der Waals surface area contributed by atoms with Gasteiger partial charge in [-0.1, -0.05) is 6.92 Å². The molecule has 0 spiro atoms. The van der Waals surface area contributed by atoms with Crippen LogP contribution < -0.4 is 5.73 Å². The predicted molar refractivity (Wildman–Crippen MR) is 107 cm³/mol. The SMILES string of the molecule is CC(CC1CCC(C)N1C(=O)c1ncc(C(F)(F)F)cn1)[C@H](N)Cc1cc(F)c(F)cc1F. The standard InChI is InChI=1S/C22H24F6N4O/c1-11(19(29)7-13-6-17(24)18(25)8-16(13)23)5-15-4-3-12(2)32(15)21(33)20-30-9-14(10-31-20)22(26,27)28/h6,8-12,15,19H,3-5,7,29H2,1-2H3/t11?,12?,15?,19-/m1/s1. The number of nitrogens with zero attached hydrogens (tertiary/aromatic N) is 3. The molecule has 1 aromatic carbocycles. The summed E-state index contributed by atoms with van der Waals surface area (Å²) < 4.78 is 78.8. The fraction of sp³-hybridized carbons (Fsp3) is 0.500. The van der Waals surface area contributed by atoms with Crippen molar-refractivity contribution in [3.63, 3.8) is 0 Å². The minimum atomic E-state index is -4.61. The number of amides is 1. The van der Waals surface area contributed by atoms with E-state index >= 15 is 0 Å². The molecule has 1 amide bonds. The Morgan fingerprint density at radius 2 is 1.73 bits per heavy atom. The van der Waals surface area contributed by atoms with Gasteiger partial charge in [0.2, 0.25) is 5.82 Å². The lowest BCUT2D eigenvalue weighted by Crippen LogP contribution is -2.43. The van der Waals surface area contributed by atoms with Crippen molar-refractivity contribution >= 4 is 5.91 Å². The van der Waals surface area contributed by atoms with Gasteiger partial charge in [0.1, 0.15) is 5.82 Å². The molecule has 11 heteroatoms. The van der Waals surface area contributed by atoms with E-state index in [9.17, 15) is 31.1 Å². The van der Waals surface area contributed by atoms with Crippen LogP contribution in [0.2, 0.25) is 0 Å². The van der Waals surface area contributed by atoms with Gasteiger partial charge in [-0.05, 0) is 50.2 Å². The van der Waals surface area contributed by atoms with Crippen LogP contribution in [0.25, 0.3) is 0 Å². The van der Waals surface area contributed by atoms with Crippen LogP contribution in [0.1, 0.15) is 54.9 Å². The highest BCUT2D eigenvalue weighted by Crippen LogP contribution is 2.32. The topological polar surface area (TPSA) is 72.1 Å². The number of nitrogens with two attached hydrogens (primary N) is 1. The largest absolute Gasteiger partial charge is 0.419 e. The summed E-state index contributed by atoms with van der Waals surface area (Å²) in [5.41, 5.74) is 5.10. The number of hydrogen-bond acceptors (Lipinski definition) is 4. The molecular formula is C22H24F6N4O. The quantitative estimate of drug-likeness (QED) is 0.494. The first-order valence-electron chi connectivity index (χ1n) is 10.5. The van der Waals surface area contributed by atoms with Gasteiger partial charge in [0.25, 0.3) is 5.91 Å². The van der Waals surface area contributed by atoms with E-state index < -0.39 is 41.1 Å². The van der Waals surface area contributed by atoms with Crippen LogP contribution in [0, 0.1) is 23.4 Å². The van der Waals surface area contributed by atoms with Crippen molar-refractivity contribution in [1.29, 1.82) is 0 Å². The molecule has 1 aliphatic rings. The van der Waals surface area contributed by atoms with Crippen LogP contribution in [0.5, 0.6) is 0 Å². The second-order valence-electron chi connectivity index (χ2n) is 8.52. The molecule has 2 aromatic rings. The minimum absolute atomic E-state index is 0.0254. The number of rotatable bonds is 6. The van der Waals surface area contributed by atoms with Crippen molar-refractivity contribution < 1.29 is 31.1 Å². The molecule has 2 N–H and O–H groups in total. The first-order chi connectivity index (χ1) is 15.4. The van der Waals surface area contributed by atoms with Crippen molar-refractivity contribution in [2.45, 2.75) is 63.8 Å². The monoisotopic (exact) mass is 474 g/mol. The van der Waals surface area contributed by atoms with E-state index in [2.05, 4.69) is 9.97 Å². The lowest BCUT2D eigenvalue weighted by molar-refractivity contribution is -0.138. The maximum absolute atomic E-state index is 14.0. The predicted octanol–water partition coefficient (Wildman–Crippen LogP) is 4.50. The van der Waals surface area contributed by atoms with Gasteiger partial charge in [0.05, 0.1) is 5.56 Å². The number of carbonyl (C=O) groups is 1. The molecule has 3 unspecified atom stereocenters. The third kappa shape index (κ3) is 5.63. The molecule has 4 atom stereocenters. The molecule has 5 nitrogen and oxygen atoms in total. The molecule has 1 saturated heterocycles. The molecule has 2 heterocycles. The highest BCUT2D eigenvalue weighted by Gasteiger charge is 2.38. The Labute approximate surface area is 187 Å². The molecule has 1 fully saturated rings. The fourth-order valence-corrected chi connectivity index (χ4v) is 4.15.